The largest absolute Gasteiger partial charge is 0.460 e. The first-order chi connectivity index (χ1) is 10.1. The van der Waals surface area contributed by atoms with E-state index in [-0.39, 0.29) is 0 Å². The molecule has 1 heterocycles. The van der Waals surface area contributed by atoms with E-state index in [1.807, 2.05) is 37.3 Å². The van der Waals surface area contributed by atoms with Crippen LogP contribution in [-0.4, -0.2) is 28.1 Å². The first-order valence-corrected chi connectivity index (χ1v) is 7.80. The molecule has 21 heavy (non-hydrogen) atoms. The smallest absolute Gasteiger partial charge is 0.358 e. The van der Waals surface area contributed by atoms with E-state index < -0.39 is 5.97 Å². The first-order valence-electron chi connectivity index (χ1n) is 6.81. The monoisotopic (exact) mass is 305 g/mol. The number of nitrogens with two attached hydrogens (primary N) is 1. The molecule has 0 aliphatic heterocycles. The van der Waals surface area contributed by atoms with Crippen molar-refractivity contribution in [3.05, 3.63) is 41.7 Å². The maximum absolute atomic E-state index is 12.1. The molecule has 1 aromatic heterocycles. The summed E-state index contributed by atoms with van der Waals surface area (Å²) in [5, 5.41) is 4.21. The molecule has 0 saturated carbocycles. The number of aromatic nitrogens is 2. The summed E-state index contributed by atoms with van der Waals surface area (Å²) in [6, 6.07) is 10.00. The standard InChI is InChI=1S/C15H19N3O2S/c1-3-18-14(13(16)11(2)17-18)15(19)20-9-10-21-12-7-5-4-6-8-12/h4-8H,3,9-10,16H2,1-2H3. The maximum atomic E-state index is 12.1. The van der Waals surface area contributed by atoms with Gasteiger partial charge in [0, 0.05) is 17.2 Å². The van der Waals surface area contributed by atoms with Gasteiger partial charge in [-0.1, -0.05) is 18.2 Å². The van der Waals surface area contributed by atoms with E-state index >= 15 is 0 Å². The molecule has 6 heteroatoms. The van der Waals surface area contributed by atoms with Gasteiger partial charge in [-0.05, 0) is 26.0 Å². The number of ether oxygens (including phenoxy) is 1. The second-order valence-electron chi connectivity index (χ2n) is 4.46. The maximum Gasteiger partial charge on any atom is 0.358 e. The number of nitrogen functional groups attached to an aromatic ring is 1. The van der Waals surface area contributed by atoms with Gasteiger partial charge in [0.05, 0.1) is 11.4 Å². The molecule has 0 saturated heterocycles. The molecule has 0 aliphatic rings. The lowest BCUT2D eigenvalue weighted by molar-refractivity contribution is 0.0517. The summed E-state index contributed by atoms with van der Waals surface area (Å²) < 4.78 is 6.87. The molecule has 112 valence electrons. The van der Waals surface area contributed by atoms with Gasteiger partial charge in [-0.2, -0.15) is 5.10 Å². The predicted molar refractivity (Wildman–Crippen MR) is 84.5 cm³/mol. The van der Waals surface area contributed by atoms with Crippen molar-refractivity contribution >= 4 is 23.4 Å². The lowest BCUT2D eigenvalue weighted by Crippen LogP contribution is -2.15. The molecule has 0 radical (unpaired) electrons. The Morgan fingerprint density at radius 1 is 1.38 bits per heavy atom. The number of nitrogens with zero attached hydrogens (tertiary/aromatic N) is 2. The Kier molecular flexibility index (Phi) is 5.27. The number of thioether (sulfide) groups is 1. The van der Waals surface area contributed by atoms with Crippen molar-refractivity contribution in [2.75, 3.05) is 18.1 Å². The molecule has 1 aromatic carbocycles. The van der Waals surface area contributed by atoms with Gasteiger partial charge in [-0.3, -0.25) is 4.68 Å². The second kappa shape index (κ2) is 7.17. The summed E-state index contributed by atoms with van der Waals surface area (Å²) in [4.78, 5) is 13.3. The summed E-state index contributed by atoms with van der Waals surface area (Å²) in [6.07, 6.45) is 0. The van der Waals surface area contributed by atoms with Crippen LogP contribution in [0.15, 0.2) is 35.2 Å². The number of aryl methyl sites for hydroxylation is 2. The van der Waals surface area contributed by atoms with Crippen LogP contribution >= 0.6 is 11.8 Å². The van der Waals surface area contributed by atoms with Crippen LogP contribution in [0.5, 0.6) is 0 Å². The number of hydrogen-bond acceptors (Lipinski definition) is 5. The number of benzene rings is 1. The van der Waals surface area contributed by atoms with Crippen molar-refractivity contribution in [1.82, 2.24) is 9.78 Å². The molecule has 0 spiro atoms. The molecule has 0 amide bonds. The molecule has 0 bridgehead atoms. The minimum atomic E-state index is -0.413. The molecular formula is C15H19N3O2S. The number of hydrogen-bond donors (Lipinski definition) is 1. The summed E-state index contributed by atoms with van der Waals surface area (Å²) in [5.41, 5.74) is 7.29. The Balaban J connectivity index is 1.88. The van der Waals surface area contributed by atoms with Gasteiger partial charge in [0.15, 0.2) is 5.69 Å². The molecule has 2 N–H and O–H groups in total. The predicted octanol–water partition coefficient (Wildman–Crippen LogP) is 2.74. The molecule has 0 aliphatic carbocycles. The van der Waals surface area contributed by atoms with Crippen LogP contribution in [0.1, 0.15) is 23.1 Å². The highest BCUT2D eigenvalue weighted by molar-refractivity contribution is 7.99. The van der Waals surface area contributed by atoms with Crippen molar-refractivity contribution < 1.29 is 9.53 Å². The summed E-state index contributed by atoms with van der Waals surface area (Å²) in [5.74, 6) is 0.290. The zero-order valence-electron chi connectivity index (χ0n) is 12.2. The normalized spacial score (nSPS) is 10.6. The lowest BCUT2D eigenvalue weighted by Gasteiger charge is -2.07. The fourth-order valence-electron chi connectivity index (χ4n) is 1.92. The van der Waals surface area contributed by atoms with Crippen molar-refractivity contribution in [2.45, 2.75) is 25.3 Å². The van der Waals surface area contributed by atoms with E-state index in [0.29, 0.717) is 36.0 Å². The van der Waals surface area contributed by atoms with E-state index in [9.17, 15) is 4.79 Å². The fraction of sp³-hybridized carbons (Fsp3) is 0.333. The highest BCUT2D eigenvalue weighted by Crippen LogP contribution is 2.19. The SMILES string of the molecule is CCn1nc(C)c(N)c1C(=O)OCCSc1ccccc1. The van der Waals surface area contributed by atoms with Crippen LogP contribution in [0.4, 0.5) is 5.69 Å². The van der Waals surface area contributed by atoms with Crippen LogP contribution < -0.4 is 5.73 Å². The molecule has 0 fully saturated rings. The Morgan fingerprint density at radius 2 is 2.10 bits per heavy atom. The van der Waals surface area contributed by atoms with Crippen molar-refractivity contribution in [3.63, 3.8) is 0 Å². The van der Waals surface area contributed by atoms with E-state index in [2.05, 4.69) is 5.10 Å². The van der Waals surface area contributed by atoms with Crippen LogP contribution in [0, 0.1) is 6.92 Å². The van der Waals surface area contributed by atoms with Crippen LogP contribution in [0.3, 0.4) is 0 Å². The van der Waals surface area contributed by atoms with Gasteiger partial charge in [-0.15, -0.1) is 11.8 Å². The number of esters is 1. The third-order valence-electron chi connectivity index (χ3n) is 3.00. The first kappa shape index (κ1) is 15.4. The van der Waals surface area contributed by atoms with Gasteiger partial charge in [0.2, 0.25) is 0 Å². The summed E-state index contributed by atoms with van der Waals surface area (Å²) >= 11 is 1.65. The molecule has 5 nitrogen and oxygen atoms in total. The van der Waals surface area contributed by atoms with Gasteiger partial charge >= 0.3 is 5.97 Å². The molecule has 0 atom stereocenters. The molecule has 0 unspecified atom stereocenters. The van der Waals surface area contributed by atoms with Crippen molar-refractivity contribution in [3.8, 4) is 0 Å². The number of carbonyl (C=O) groups excluding carboxylic acids is 1. The van der Waals surface area contributed by atoms with Crippen molar-refractivity contribution in [1.29, 1.82) is 0 Å². The van der Waals surface area contributed by atoms with Crippen LogP contribution in [-0.2, 0) is 11.3 Å². The van der Waals surface area contributed by atoms with Gasteiger partial charge < -0.3 is 10.5 Å². The summed E-state index contributed by atoms with van der Waals surface area (Å²) in [6.45, 7) is 4.62. The van der Waals surface area contributed by atoms with E-state index in [1.54, 1.807) is 23.4 Å². The fourth-order valence-corrected chi connectivity index (χ4v) is 2.67. The highest BCUT2D eigenvalue weighted by Gasteiger charge is 2.20. The van der Waals surface area contributed by atoms with E-state index in [4.69, 9.17) is 10.5 Å². The Hall–Kier alpha value is -1.95. The average Bonchev–Trinajstić information content (AvgIpc) is 2.79. The number of carbonyl (C=O) groups is 1. The minimum Gasteiger partial charge on any atom is -0.460 e. The molecule has 2 aromatic rings. The number of rotatable bonds is 6. The number of anilines is 1. The van der Waals surface area contributed by atoms with Gasteiger partial charge in [0.25, 0.3) is 0 Å². The highest BCUT2D eigenvalue weighted by atomic mass is 32.2. The zero-order chi connectivity index (χ0) is 15.2. The zero-order valence-corrected chi connectivity index (χ0v) is 13.0. The second-order valence-corrected chi connectivity index (χ2v) is 5.63. The van der Waals surface area contributed by atoms with Gasteiger partial charge in [-0.25, -0.2) is 4.79 Å². The Morgan fingerprint density at radius 3 is 2.76 bits per heavy atom. The van der Waals surface area contributed by atoms with Crippen LogP contribution in [0.2, 0.25) is 0 Å². The summed E-state index contributed by atoms with van der Waals surface area (Å²) in [7, 11) is 0. The Bertz CT molecular complexity index is 611. The molecular weight excluding hydrogens is 286 g/mol. The topological polar surface area (TPSA) is 70.1 Å². The van der Waals surface area contributed by atoms with E-state index in [0.717, 1.165) is 4.90 Å². The van der Waals surface area contributed by atoms with Crippen molar-refractivity contribution in [2.24, 2.45) is 0 Å². The lowest BCUT2D eigenvalue weighted by atomic mass is 10.3. The third kappa shape index (κ3) is 3.78. The average molecular weight is 305 g/mol. The third-order valence-corrected chi connectivity index (χ3v) is 3.97. The van der Waals surface area contributed by atoms with Crippen LogP contribution in [0.25, 0.3) is 0 Å². The quantitative estimate of drug-likeness (QED) is 0.505. The Labute approximate surface area is 128 Å². The van der Waals surface area contributed by atoms with E-state index in [1.165, 1.54) is 0 Å². The minimum absolute atomic E-state index is 0.339. The molecule has 2 rings (SSSR count). The van der Waals surface area contributed by atoms with Gasteiger partial charge in [0.1, 0.15) is 6.61 Å².